The smallest absolute Gasteiger partial charge is 0.366 e. The summed E-state index contributed by atoms with van der Waals surface area (Å²) in [5.74, 6) is -1.59. The van der Waals surface area contributed by atoms with Gasteiger partial charge in [0.15, 0.2) is 0 Å². The Hall–Kier alpha value is -0.640. The van der Waals surface area contributed by atoms with Crippen molar-refractivity contribution in [2.75, 3.05) is 7.11 Å². The van der Waals surface area contributed by atoms with Gasteiger partial charge in [0, 0.05) is 7.11 Å². The molecule has 0 heterocycles. The Morgan fingerprint density at radius 2 is 2.43 bits per heavy atom. The van der Waals surface area contributed by atoms with Gasteiger partial charge in [-0.15, -0.1) is 0 Å². The molecule has 0 rings (SSSR count). The minimum atomic E-state index is -2.18. The van der Waals surface area contributed by atoms with E-state index in [0.29, 0.717) is 0 Å². The molecule has 42 valence electrons. The van der Waals surface area contributed by atoms with Gasteiger partial charge >= 0.3 is 5.97 Å². The van der Waals surface area contributed by atoms with E-state index in [9.17, 15) is 9.18 Å². The van der Waals surface area contributed by atoms with Crippen LogP contribution in [0.4, 0.5) is 4.39 Å². The van der Waals surface area contributed by atoms with Crippen molar-refractivity contribution in [1.82, 2.24) is 0 Å². The van der Waals surface area contributed by atoms with Gasteiger partial charge < -0.3 is 9.84 Å². The second-order valence-corrected chi connectivity index (χ2v) is 0.890. The standard InChI is InChI=1S/C3H5FO3/c1-7-2(4)3(5)6/h2H,1H3,(H,5,6). The molecule has 0 aliphatic rings. The molecule has 0 spiro atoms. The van der Waals surface area contributed by atoms with Gasteiger partial charge in [0.2, 0.25) is 0 Å². The lowest BCUT2D eigenvalue weighted by atomic mass is 10.7. The van der Waals surface area contributed by atoms with E-state index in [1.165, 1.54) is 0 Å². The molecule has 1 atom stereocenters. The average molecular weight is 108 g/mol. The Balaban J connectivity index is 3.34. The first kappa shape index (κ1) is 6.36. The summed E-state index contributed by atoms with van der Waals surface area (Å²) in [6, 6.07) is 0. The van der Waals surface area contributed by atoms with E-state index in [1.54, 1.807) is 0 Å². The molecule has 0 bridgehead atoms. The molecule has 0 radical (unpaired) electrons. The quantitative estimate of drug-likeness (QED) is 0.542. The lowest BCUT2D eigenvalue weighted by molar-refractivity contribution is -0.159. The number of ether oxygens (including phenoxy) is 1. The summed E-state index contributed by atoms with van der Waals surface area (Å²) in [5, 5.41) is 7.68. The van der Waals surface area contributed by atoms with Crippen LogP contribution in [0, 0.1) is 0 Å². The van der Waals surface area contributed by atoms with Crippen LogP contribution in [0.1, 0.15) is 0 Å². The second kappa shape index (κ2) is 2.52. The molecule has 0 aromatic heterocycles. The molecule has 1 N–H and O–H groups in total. The Morgan fingerprint density at radius 1 is 2.00 bits per heavy atom. The van der Waals surface area contributed by atoms with Crippen molar-refractivity contribution < 1.29 is 19.0 Å². The molecular weight excluding hydrogens is 103 g/mol. The van der Waals surface area contributed by atoms with Crippen molar-refractivity contribution in [3.8, 4) is 0 Å². The summed E-state index contributed by atoms with van der Waals surface area (Å²) in [7, 11) is 0.985. The first-order valence-electron chi connectivity index (χ1n) is 1.58. The number of methoxy groups -OCH3 is 1. The van der Waals surface area contributed by atoms with Crippen molar-refractivity contribution in [1.29, 1.82) is 0 Å². The fourth-order valence-corrected chi connectivity index (χ4v) is 0.101. The zero-order valence-corrected chi connectivity index (χ0v) is 3.72. The highest BCUT2D eigenvalue weighted by Crippen LogP contribution is 1.87. The number of carboxylic acid groups (broad SMARTS) is 1. The first-order chi connectivity index (χ1) is 3.18. The van der Waals surface area contributed by atoms with Crippen LogP contribution in [0.15, 0.2) is 0 Å². The highest BCUT2D eigenvalue weighted by molar-refractivity contribution is 5.70. The maximum Gasteiger partial charge on any atom is 0.366 e. The Labute approximate surface area is 39.7 Å². The van der Waals surface area contributed by atoms with Gasteiger partial charge in [0.1, 0.15) is 0 Å². The van der Waals surface area contributed by atoms with Crippen molar-refractivity contribution in [2.24, 2.45) is 0 Å². The molecule has 3 nitrogen and oxygen atoms in total. The van der Waals surface area contributed by atoms with Crippen molar-refractivity contribution in [3.63, 3.8) is 0 Å². The summed E-state index contributed by atoms with van der Waals surface area (Å²) in [4.78, 5) is 9.43. The fraction of sp³-hybridized carbons (Fsp3) is 0.667. The minimum absolute atomic E-state index is 0.985. The predicted molar refractivity (Wildman–Crippen MR) is 19.5 cm³/mol. The number of aliphatic carboxylic acids is 1. The zero-order valence-electron chi connectivity index (χ0n) is 3.72. The Bertz CT molecular complexity index is 72.6. The molecule has 0 aromatic rings. The maximum atomic E-state index is 11.4. The van der Waals surface area contributed by atoms with Crippen LogP contribution in [0.2, 0.25) is 0 Å². The number of carbonyl (C=O) groups is 1. The maximum absolute atomic E-state index is 11.4. The lowest BCUT2D eigenvalue weighted by Gasteiger charge is -1.94. The monoisotopic (exact) mass is 108 g/mol. The van der Waals surface area contributed by atoms with Gasteiger partial charge in [-0.1, -0.05) is 0 Å². The Kier molecular flexibility index (Phi) is 2.29. The summed E-state index contributed by atoms with van der Waals surface area (Å²) in [6.45, 7) is 0. The van der Waals surface area contributed by atoms with E-state index in [2.05, 4.69) is 4.74 Å². The number of alkyl halides is 1. The van der Waals surface area contributed by atoms with Gasteiger partial charge in [0.05, 0.1) is 0 Å². The van der Waals surface area contributed by atoms with Gasteiger partial charge in [-0.25, -0.2) is 9.18 Å². The molecule has 0 aromatic carbocycles. The minimum Gasteiger partial charge on any atom is -0.477 e. The van der Waals surface area contributed by atoms with Crippen LogP contribution in [-0.2, 0) is 9.53 Å². The molecule has 1 unspecified atom stereocenters. The summed E-state index contributed by atoms with van der Waals surface area (Å²) in [5.41, 5.74) is 0. The molecule has 0 aliphatic carbocycles. The molecule has 0 aliphatic heterocycles. The van der Waals surface area contributed by atoms with Gasteiger partial charge in [-0.3, -0.25) is 0 Å². The van der Waals surface area contributed by atoms with E-state index in [4.69, 9.17) is 5.11 Å². The molecule has 0 saturated carbocycles. The van der Waals surface area contributed by atoms with Gasteiger partial charge in [-0.2, -0.15) is 0 Å². The third kappa shape index (κ3) is 2.11. The number of rotatable bonds is 2. The van der Waals surface area contributed by atoms with E-state index >= 15 is 0 Å². The van der Waals surface area contributed by atoms with Crippen LogP contribution in [0.3, 0.4) is 0 Å². The molecular formula is C3H5FO3. The van der Waals surface area contributed by atoms with Crippen LogP contribution in [0.25, 0.3) is 0 Å². The summed E-state index contributed by atoms with van der Waals surface area (Å²) < 4.78 is 15.2. The first-order valence-corrected chi connectivity index (χ1v) is 1.58. The third-order valence-corrected chi connectivity index (χ3v) is 0.401. The second-order valence-electron chi connectivity index (χ2n) is 0.890. The molecule has 0 saturated heterocycles. The van der Waals surface area contributed by atoms with Crippen LogP contribution in [0.5, 0.6) is 0 Å². The van der Waals surface area contributed by atoms with E-state index in [1.807, 2.05) is 0 Å². The molecule has 0 amide bonds. The number of carboxylic acids is 1. The number of hydrogen-bond donors (Lipinski definition) is 1. The number of halogens is 1. The van der Waals surface area contributed by atoms with Crippen molar-refractivity contribution in [3.05, 3.63) is 0 Å². The normalized spacial score (nSPS) is 13.4. The fourth-order valence-electron chi connectivity index (χ4n) is 0.101. The van der Waals surface area contributed by atoms with Crippen LogP contribution < -0.4 is 0 Å². The SMILES string of the molecule is COC(F)C(=O)O. The van der Waals surface area contributed by atoms with Crippen LogP contribution >= 0.6 is 0 Å². The Morgan fingerprint density at radius 3 is 2.43 bits per heavy atom. The van der Waals surface area contributed by atoms with Gasteiger partial charge in [0.25, 0.3) is 6.36 Å². The van der Waals surface area contributed by atoms with Crippen LogP contribution in [-0.4, -0.2) is 24.5 Å². The topological polar surface area (TPSA) is 46.5 Å². The van der Waals surface area contributed by atoms with Gasteiger partial charge in [-0.05, 0) is 0 Å². The molecule has 4 heteroatoms. The predicted octanol–water partition coefficient (Wildman–Crippen LogP) is 0.0130. The van der Waals surface area contributed by atoms with E-state index < -0.39 is 12.3 Å². The third-order valence-electron chi connectivity index (χ3n) is 0.401. The summed E-state index contributed by atoms with van der Waals surface area (Å²) in [6.07, 6.45) is -2.18. The van der Waals surface area contributed by atoms with E-state index in [0.717, 1.165) is 7.11 Å². The molecule has 7 heavy (non-hydrogen) atoms. The average Bonchev–Trinajstić information content (AvgIpc) is 1.65. The highest BCUT2D eigenvalue weighted by Gasteiger charge is 2.11. The molecule has 0 fully saturated rings. The zero-order chi connectivity index (χ0) is 5.86. The number of hydrogen-bond acceptors (Lipinski definition) is 2. The van der Waals surface area contributed by atoms with Crippen molar-refractivity contribution >= 4 is 5.97 Å². The summed E-state index contributed by atoms with van der Waals surface area (Å²) >= 11 is 0. The lowest BCUT2D eigenvalue weighted by Crippen LogP contribution is -2.15. The van der Waals surface area contributed by atoms with E-state index in [-0.39, 0.29) is 0 Å². The largest absolute Gasteiger partial charge is 0.477 e. The highest BCUT2D eigenvalue weighted by atomic mass is 19.1. The van der Waals surface area contributed by atoms with Crippen molar-refractivity contribution in [2.45, 2.75) is 6.36 Å².